The van der Waals surface area contributed by atoms with Crippen molar-refractivity contribution in [3.8, 4) is 0 Å². The Labute approximate surface area is 150 Å². The molecule has 140 valence electrons. The van der Waals surface area contributed by atoms with Gasteiger partial charge in [-0.1, -0.05) is 26.0 Å². The zero-order valence-corrected chi connectivity index (χ0v) is 15.4. The van der Waals surface area contributed by atoms with Crippen LogP contribution in [0.15, 0.2) is 29.2 Å². The molecule has 0 bridgehead atoms. The van der Waals surface area contributed by atoms with Crippen LogP contribution in [0.3, 0.4) is 0 Å². The lowest BCUT2D eigenvalue weighted by Crippen LogP contribution is -2.39. The molecule has 26 heavy (non-hydrogen) atoms. The van der Waals surface area contributed by atoms with E-state index in [1.807, 2.05) is 0 Å². The summed E-state index contributed by atoms with van der Waals surface area (Å²) in [5.41, 5.74) is 0.0319. The number of rotatable bonds is 6. The first-order chi connectivity index (χ1) is 12.0. The Morgan fingerprint density at radius 2 is 1.65 bits per heavy atom. The lowest BCUT2D eigenvalue weighted by molar-refractivity contribution is -0.143. The minimum Gasteiger partial charge on any atom is -0.323 e. The van der Waals surface area contributed by atoms with E-state index in [1.54, 1.807) is 13.8 Å². The SMILES string of the molecule is CC(C)CN1C(=O)C(=O)N(CC(=O)Nc2ccccc2S(C)(=O)=O)C1=O. The Morgan fingerprint density at radius 3 is 2.23 bits per heavy atom. The van der Waals surface area contributed by atoms with E-state index < -0.39 is 40.1 Å². The van der Waals surface area contributed by atoms with Gasteiger partial charge in [-0.25, -0.2) is 18.1 Å². The molecule has 0 radical (unpaired) electrons. The van der Waals surface area contributed by atoms with E-state index >= 15 is 0 Å². The van der Waals surface area contributed by atoms with Crippen molar-refractivity contribution in [2.45, 2.75) is 18.7 Å². The van der Waals surface area contributed by atoms with Crippen LogP contribution in [0, 0.1) is 5.92 Å². The zero-order valence-electron chi connectivity index (χ0n) is 14.6. The highest BCUT2D eigenvalue weighted by atomic mass is 32.2. The number of benzene rings is 1. The van der Waals surface area contributed by atoms with Crippen LogP contribution in [0.1, 0.15) is 13.8 Å². The van der Waals surface area contributed by atoms with Gasteiger partial charge in [0.1, 0.15) is 6.54 Å². The predicted octanol–water partition coefficient (Wildman–Crippen LogP) is 0.475. The van der Waals surface area contributed by atoms with Crippen molar-refractivity contribution in [2.24, 2.45) is 5.92 Å². The standard InChI is InChI=1S/C16H19N3O6S/c1-10(2)8-18-14(21)15(22)19(16(18)23)9-13(20)17-11-6-4-5-7-12(11)26(3,24)25/h4-7,10H,8-9H2,1-3H3,(H,17,20). The van der Waals surface area contributed by atoms with E-state index in [9.17, 15) is 27.6 Å². The largest absolute Gasteiger partial charge is 0.334 e. The van der Waals surface area contributed by atoms with Crippen LogP contribution in [0.25, 0.3) is 0 Å². The minimum absolute atomic E-state index is 0.0319. The molecule has 5 amide bonds. The van der Waals surface area contributed by atoms with Gasteiger partial charge in [-0.05, 0) is 18.1 Å². The normalized spacial score (nSPS) is 15.2. The smallest absolute Gasteiger partial charge is 0.323 e. The highest BCUT2D eigenvalue weighted by Gasteiger charge is 2.45. The Hall–Kier alpha value is -2.75. The van der Waals surface area contributed by atoms with Crippen LogP contribution in [-0.4, -0.2) is 61.3 Å². The van der Waals surface area contributed by atoms with Crippen LogP contribution in [0.2, 0.25) is 0 Å². The fourth-order valence-electron chi connectivity index (χ4n) is 2.44. The summed E-state index contributed by atoms with van der Waals surface area (Å²) in [6.07, 6.45) is 0.994. The number of carbonyl (C=O) groups is 4. The van der Waals surface area contributed by atoms with Crippen molar-refractivity contribution in [2.75, 3.05) is 24.7 Å². The maximum absolute atomic E-state index is 12.2. The molecule has 0 aliphatic carbocycles. The molecule has 0 spiro atoms. The maximum atomic E-state index is 12.2. The second kappa shape index (κ2) is 7.24. The Bertz CT molecular complexity index is 878. The average Bonchev–Trinajstić information content (AvgIpc) is 2.72. The number of nitrogens with one attached hydrogen (secondary N) is 1. The van der Waals surface area contributed by atoms with E-state index in [1.165, 1.54) is 24.3 Å². The van der Waals surface area contributed by atoms with Crippen LogP contribution in [-0.2, 0) is 24.2 Å². The summed E-state index contributed by atoms with van der Waals surface area (Å²) in [5.74, 6) is -2.89. The van der Waals surface area contributed by atoms with Gasteiger partial charge in [0.15, 0.2) is 9.84 Å². The molecule has 2 rings (SSSR count). The molecule has 0 aromatic heterocycles. The third-order valence-electron chi connectivity index (χ3n) is 3.55. The number of urea groups is 1. The zero-order chi connectivity index (χ0) is 19.6. The number of anilines is 1. The molecule has 0 saturated carbocycles. The fraction of sp³-hybridized carbons (Fsp3) is 0.375. The lowest BCUT2D eigenvalue weighted by atomic mass is 10.2. The van der Waals surface area contributed by atoms with Crippen LogP contribution >= 0.6 is 0 Å². The second-order valence-electron chi connectivity index (χ2n) is 6.30. The molecule has 1 fully saturated rings. The molecule has 1 aromatic rings. The summed E-state index contributed by atoms with van der Waals surface area (Å²) in [7, 11) is -3.58. The number of para-hydroxylation sites is 1. The summed E-state index contributed by atoms with van der Waals surface area (Å²) in [4.78, 5) is 49.5. The molecule has 9 nitrogen and oxygen atoms in total. The monoisotopic (exact) mass is 381 g/mol. The van der Waals surface area contributed by atoms with Gasteiger partial charge in [-0.15, -0.1) is 0 Å². The number of amides is 5. The highest BCUT2D eigenvalue weighted by molar-refractivity contribution is 7.90. The Kier molecular flexibility index (Phi) is 5.45. The first-order valence-electron chi connectivity index (χ1n) is 7.78. The molecule has 10 heteroatoms. The number of hydrogen-bond donors (Lipinski definition) is 1. The summed E-state index contributed by atoms with van der Waals surface area (Å²) < 4.78 is 23.5. The van der Waals surface area contributed by atoms with E-state index in [0.717, 1.165) is 11.2 Å². The number of nitrogens with zero attached hydrogens (tertiary/aromatic N) is 2. The number of imide groups is 2. The van der Waals surface area contributed by atoms with Gasteiger partial charge in [0.25, 0.3) is 0 Å². The van der Waals surface area contributed by atoms with Crippen LogP contribution in [0.5, 0.6) is 0 Å². The van der Waals surface area contributed by atoms with Gasteiger partial charge >= 0.3 is 17.8 Å². The molecular weight excluding hydrogens is 362 g/mol. The number of carbonyl (C=O) groups excluding carboxylic acids is 4. The molecule has 0 unspecified atom stereocenters. The third-order valence-corrected chi connectivity index (χ3v) is 4.70. The lowest BCUT2D eigenvalue weighted by Gasteiger charge is -2.17. The fourth-order valence-corrected chi connectivity index (χ4v) is 3.29. The summed E-state index contributed by atoms with van der Waals surface area (Å²) in [5, 5.41) is 2.36. The summed E-state index contributed by atoms with van der Waals surface area (Å²) >= 11 is 0. The number of sulfone groups is 1. The van der Waals surface area contributed by atoms with Gasteiger partial charge in [0.05, 0.1) is 10.6 Å². The molecule has 1 N–H and O–H groups in total. The molecule has 1 heterocycles. The first-order valence-corrected chi connectivity index (χ1v) is 9.67. The van der Waals surface area contributed by atoms with Crippen molar-refractivity contribution in [3.63, 3.8) is 0 Å². The van der Waals surface area contributed by atoms with Gasteiger partial charge < -0.3 is 5.32 Å². The molecular formula is C16H19N3O6S. The van der Waals surface area contributed by atoms with Crippen LogP contribution < -0.4 is 5.32 Å². The Morgan fingerprint density at radius 1 is 1.08 bits per heavy atom. The first kappa shape index (κ1) is 19.6. The van der Waals surface area contributed by atoms with Crippen molar-refractivity contribution in [1.82, 2.24) is 9.80 Å². The molecule has 0 atom stereocenters. The second-order valence-corrected chi connectivity index (χ2v) is 8.28. The average molecular weight is 381 g/mol. The van der Waals surface area contributed by atoms with E-state index in [2.05, 4.69) is 5.32 Å². The molecule has 1 saturated heterocycles. The van der Waals surface area contributed by atoms with Gasteiger partial charge in [0.2, 0.25) is 5.91 Å². The third kappa shape index (κ3) is 4.07. The Balaban J connectivity index is 2.15. The van der Waals surface area contributed by atoms with Crippen molar-refractivity contribution >= 4 is 39.3 Å². The van der Waals surface area contributed by atoms with Gasteiger partial charge in [-0.2, -0.15) is 0 Å². The van der Waals surface area contributed by atoms with E-state index in [4.69, 9.17) is 0 Å². The maximum Gasteiger partial charge on any atom is 0.334 e. The minimum atomic E-state index is -3.58. The quantitative estimate of drug-likeness (QED) is 0.565. The van der Waals surface area contributed by atoms with Crippen molar-refractivity contribution in [1.29, 1.82) is 0 Å². The topological polar surface area (TPSA) is 121 Å². The van der Waals surface area contributed by atoms with Gasteiger partial charge in [0, 0.05) is 12.8 Å². The van der Waals surface area contributed by atoms with Crippen LogP contribution in [0.4, 0.5) is 10.5 Å². The number of hydrogen-bond acceptors (Lipinski definition) is 6. The highest BCUT2D eigenvalue weighted by Crippen LogP contribution is 2.21. The summed E-state index contributed by atoms with van der Waals surface area (Å²) in [6.45, 7) is 2.94. The van der Waals surface area contributed by atoms with Crippen molar-refractivity contribution < 1.29 is 27.6 Å². The predicted molar refractivity (Wildman–Crippen MR) is 91.8 cm³/mol. The molecule has 1 aliphatic rings. The molecule has 1 aliphatic heterocycles. The van der Waals surface area contributed by atoms with E-state index in [-0.39, 0.29) is 23.0 Å². The summed E-state index contributed by atoms with van der Waals surface area (Å²) in [6, 6.07) is 4.88. The van der Waals surface area contributed by atoms with E-state index in [0.29, 0.717) is 4.90 Å². The molecule has 1 aromatic carbocycles. The van der Waals surface area contributed by atoms with Crippen molar-refractivity contribution in [3.05, 3.63) is 24.3 Å². The van der Waals surface area contributed by atoms with Gasteiger partial charge in [-0.3, -0.25) is 19.3 Å².